The van der Waals surface area contributed by atoms with Crippen molar-refractivity contribution in [3.8, 4) is 0 Å². The summed E-state index contributed by atoms with van der Waals surface area (Å²) in [6.45, 7) is 7.69. The molecule has 0 saturated carbocycles. The second-order valence-electron chi connectivity index (χ2n) is 5.31. The maximum atomic E-state index is 11.4. The van der Waals surface area contributed by atoms with Crippen LogP contribution >= 0.6 is 0 Å². The number of carboxylic acid groups (broad SMARTS) is 1. The number of carbonyl (C=O) groups is 1. The zero-order chi connectivity index (χ0) is 11.9. The zero-order valence-electron chi connectivity index (χ0n) is 9.98. The van der Waals surface area contributed by atoms with Crippen LogP contribution in [0, 0.1) is 0 Å². The van der Waals surface area contributed by atoms with Crippen LogP contribution in [-0.4, -0.2) is 22.6 Å². The smallest absolute Gasteiger partial charge is 0.337 e. The zero-order valence-corrected chi connectivity index (χ0v) is 9.98. The third-order valence-corrected chi connectivity index (χ3v) is 3.01. The van der Waals surface area contributed by atoms with E-state index in [1.165, 1.54) is 0 Å². The van der Waals surface area contributed by atoms with Crippen molar-refractivity contribution in [2.75, 3.05) is 6.54 Å². The highest BCUT2D eigenvalue weighted by molar-refractivity contribution is 5.92. The van der Waals surface area contributed by atoms with Crippen LogP contribution in [0.5, 0.6) is 0 Å². The second kappa shape index (κ2) is 3.63. The molecule has 1 aliphatic heterocycles. The minimum absolute atomic E-state index is 0.162. The van der Waals surface area contributed by atoms with E-state index in [-0.39, 0.29) is 5.41 Å². The van der Waals surface area contributed by atoms with Crippen molar-refractivity contribution in [3.05, 3.63) is 22.5 Å². The topological polar surface area (TPSA) is 65.1 Å². The molecule has 0 saturated heterocycles. The number of aromatic nitrogens is 1. The number of rotatable bonds is 1. The maximum Gasteiger partial charge on any atom is 0.337 e. The lowest BCUT2D eigenvalue weighted by atomic mass is 9.88. The van der Waals surface area contributed by atoms with Gasteiger partial charge in [0.15, 0.2) is 0 Å². The predicted molar refractivity (Wildman–Crippen MR) is 61.9 cm³/mol. The van der Waals surface area contributed by atoms with E-state index in [0.717, 1.165) is 36.5 Å². The SMILES string of the molecule is CC(C)(C)c1[nH]c2c(c1C(=O)O)CCNC2. The minimum Gasteiger partial charge on any atom is -0.478 e. The summed E-state index contributed by atoms with van der Waals surface area (Å²) in [5, 5.41) is 12.6. The van der Waals surface area contributed by atoms with Crippen LogP contribution < -0.4 is 5.32 Å². The molecule has 0 aromatic carbocycles. The van der Waals surface area contributed by atoms with Gasteiger partial charge in [0.1, 0.15) is 0 Å². The molecule has 0 unspecified atom stereocenters. The second-order valence-corrected chi connectivity index (χ2v) is 5.31. The summed E-state index contributed by atoms with van der Waals surface area (Å²) in [5.41, 5.74) is 3.19. The molecule has 3 N–H and O–H groups in total. The summed E-state index contributed by atoms with van der Waals surface area (Å²) in [5.74, 6) is -0.815. The van der Waals surface area contributed by atoms with E-state index < -0.39 is 5.97 Å². The van der Waals surface area contributed by atoms with Crippen molar-refractivity contribution < 1.29 is 9.90 Å². The third-order valence-electron chi connectivity index (χ3n) is 3.01. The number of hydrogen-bond acceptors (Lipinski definition) is 2. The number of aromatic amines is 1. The minimum atomic E-state index is -0.815. The van der Waals surface area contributed by atoms with Gasteiger partial charge in [0, 0.05) is 23.3 Å². The van der Waals surface area contributed by atoms with Gasteiger partial charge >= 0.3 is 5.97 Å². The molecular formula is C12H18N2O2. The average molecular weight is 222 g/mol. The molecule has 0 bridgehead atoms. The number of nitrogens with one attached hydrogen (secondary N) is 2. The summed E-state index contributed by atoms with van der Waals surface area (Å²) in [4.78, 5) is 14.6. The van der Waals surface area contributed by atoms with Crippen molar-refractivity contribution in [1.29, 1.82) is 0 Å². The Hall–Kier alpha value is -1.29. The average Bonchev–Trinajstić information content (AvgIpc) is 2.55. The van der Waals surface area contributed by atoms with Crippen molar-refractivity contribution in [2.24, 2.45) is 0 Å². The molecule has 2 heterocycles. The molecule has 4 nitrogen and oxygen atoms in total. The highest BCUT2D eigenvalue weighted by atomic mass is 16.4. The Morgan fingerprint density at radius 3 is 2.62 bits per heavy atom. The van der Waals surface area contributed by atoms with Gasteiger partial charge in [-0.1, -0.05) is 20.8 Å². The molecule has 4 heteroatoms. The molecule has 2 rings (SSSR count). The van der Waals surface area contributed by atoms with E-state index in [9.17, 15) is 9.90 Å². The van der Waals surface area contributed by atoms with Crippen molar-refractivity contribution >= 4 is 5.97 Å². The molecule has 1 aromatic heterocycles. The Labute approximate surface area is 95.1 Å². The first-order valence-corrected chi connectivity index (χ1v) is 5.59. The number of fused-ring (bicyclic) bond motifs is 1. The van der Waals surface area contributed by atoms with Crippen LogP contribution in [0.1, 0.15) is 48.1 Å². The number of aromatic carboxylic acids is 1. The van der Waals surface area contributed by atoms with E-state index >= 15 is 0 Å². The van der Waals surface area contributed by atoms with Crippen LogP contribution in [0.25, 0.3) is 0 Å². The first-order valence-electron chi connectivity index (χ1n) is 5.59. The van der Waals surface area contributed by atoms with Crippen LogP contribution in [0.3, 0.4) is 0 Å². The van der Waals surface area contributed by atoms with Gasteiger partial charge in [-0.25, -0.2) is 4.79 Å². The summed E-state index contributed by atoms with van der Waals surface area (Å²) >= 11 is 0. The molecule has 1 aromatic rings. The largest absolute Gasteiger partial charge is 0.478 e. The fraction of sp³-hybridized carbons (Fsp3) is 0.583. The Morgan fingerprint density at radius 2 is 2.06 bits per heavy atom. The molecule has 16 heavy (non-hydrogen) atoms. The first kappa shape index (κ1) is 11.2. The normalized spacial score (nSPS) is 15.9. The lowest BCUT2D eigenvalue weighted by molar-refractivity contribution is 0.0693. The van der Waals surface area contributed by atoms with Gasteiger partial charge in [0.2, 0.25) is 0 Å². The van der Waals surface area contributed by atoms with Crippen LogP contribution in [0.4, 0.5) is 0 Å². The summed E-state index contributed by atoms with van der Waals surface area (Å²) in [7, 11) is 0. The third kappa shape index (κ3) is 1.73. The van der Waals surface area contributed by atoms with Gasteiger partial charge in [0.05, 0.1) is 5.56 Å². The van der Waals surface area contributed by atoms with E-state index in [4.69, 9.17) is 0 Å². The van der Waals surface area contributed by atoms with Gasteiger partial charge in [-0.15, -0.1) is 0 Å². The van der Waals surface area contributed by atoms with Gasteiger partial charge in [0.25, 0.3) is 0 Å². The first-order chi connectivity index (χ1) is 7.41. The monoisotopic (exact) mass is 222 g/mol. The standard InChI is InChI=1S/C12H18N2O2/c1-12(2,3)10-9(11(15)16)7-4-5-13-6-8(7)14-10/h13-14H,4-6H2,1-3H3,(H,15,16). The maximum absolute atomic E-state index is 11.4. The van der Waals surface area contributed by atoms with Crippen LogP contribution in [0.2, 0.25) is 0 Å². The number of H-pyrrole nitrogens is 1. The molecule has 1 aliphatic rings. The Morgan fingerprint density at radius 1 is 1.38 bits per heavy atom. The molecule has 0 fully saturated rings. The van der Waals surface area contributed by atoms with Gasteiger partial charge in [-0.3, -0.25) is 0 Å². The lowest BCUT2D eigenvalue weighted by Crippen LogP contribution is -2.24. The molecule has 0 radical (unpaired) electrons. The van der Waals surface area contributed by atoms with Gasteiger partial charge in [-0.05, 0) is 18.5 Å². The lowest BCUT2D eigenvalue weighted by Gasteiger charge is -2.18. The van der Waals surface area contributed by atoms with E-state index in [2.05, 4.69) is 10.3 Å². The summed E-state index contributed by atoms with van der Waals surface area (Å²) < 4.78 is 0. The number of carboxylic acids is 1. The van der Waals surface area contributed by atoms with Gasteiger partial charge in [-0.2, -0.15) is 0 Å². The fourth-order valence-electron chi connectivity index (χ4n) is 2.24. The van der Waals surface area contributed by atoms with E-state index in [1.807, 2.05) is 20.8 Å². The highest BCUT2D eigenvalue weighted by Crippen LogP contribution is 2.31. The Kier molecular flexibility index (Phi) is 2.54. The highest BCUT2D eigenvalue weighted by Gasteiger charge is 2.29. The van der Waals surface area contributed by atoms with Crippen LogP contribution in [-0.2, 0) is 18.4 Å². The van der Waals surface area contributed by atoms with E-state index in [0.29, 0.717) is 5.56 Å². The molecule has 0 atom stereocenters. The van der Waals surface area contributed by atoms with E-state index in [1.54, 1.807) is 0 Å². The summed E-state index contributed by atoms with van der Waals surface area (Å²) in [6.07, 6.45) is 0.795. The predicted octanol–water partition coefficient (Wildman–Crippen LogP) is 1.66. The van der Waals surface area contributed by atoms with Gasteiger partial charge < -0.3 is 15.4 Å². The summed E-state index contributed by atoms with van der Waals surface area (Å²) in [6, 6.07) is 0. The molecule has 0 amide bonds. The van der Waals surface area contributed by atoms with Crippen LogP contribution in [0.15, 0.2) is 0 Å². The molecular weight excluding hydrogens is 204 g/mol. The van der Waals surface area contributed by atoms with Crippen molar-refractivity contribution in [1.82, 2.24) is 10.3 Å². The molecule has 0 aliphatic carbocycles. The van der Waals surface area contributed by atoms with Crippen molar-refractivity contribution in [2.45, 2.75) is 39.2 Å². The quantitative estimate of drug-likeness (QED) is 0.677. The molecule has 0 spiro atoms. The fourth-order valence-corrected chi connectivity index (χ4v) is 2.24. The number of hydrogen-bond donors (Lipinski definition) is 3. The van der Waals surface area contributed by atoms with Crippen molar-refractivity contribution in [3.63, 3.8) is 0 Å². The Bertz CT molecular complexity index is 427. The Balaban J connectivity index is 2.61. The molecule has 88 valence electrons.